The lowest BCUT2D eigenvalue weighted by Crippen LogP contribution is -2.05. The average Bonchev–Trinajstić information content (AvgIpc) is 1.37. The molecule has 0 atom stereocenters. The Bertz CT molecular complexity index is 10.0. The van der Waals surface area contributed by atoms with E-state index in [-0.39, 0.29) is 0 Å². The van der Waals surface area contributed by atoms with Crippen LogP contribution in [0.5, 0.6) is 0 Å². The average molecular weight is 58.9 g/mol. The fraction of sp³-hybridized carbons (Fsp3) is 1.00. The lowest BCUT2D eigenvalue weighted by Gasteiger charge is -1.73. The van der Waals surface area contributed by atoms with Gasteiger partial charge in [0.15, 0.2) is 0 Å². The molecule has 0 fully saturated rings. The summed E-state index contributed by atoms with van der Waals surface area (Å²) in [5.41, 5.74) is 4.81. The van der Waals surface area contributed by atoms with Crippen molar-refractivity contribution in [3.05, 3.63) is 0 Å². The maximum absolute atomic E-state index is 4.81. The van der Waals surface area contributed by atoms with E-state index in [1.54, 1.807) is 7.11 Å². The van der Waals surface area contributed by atoms with Gasteiger partial charge in [0, 0.05) is 7.11 Å². The third-order valence-electron chi connectivity index (χ3n) is 0.167. The highest BCUT2D eigenvalue weighted by molar-refractivity contribution is 6.21. The second-order valence-corrected chi connectivity index (χ2v) is 0.455. The Hall–Kier alpha value is -0.0151. The van der Waals surface area contributed by atoms with Gasteiger partial charge in [0.25, 0.3) is 0 Å². The van der Waals surface area contributed by atoms with Gasteiger partial charge in [0.2, 0.25) is 0 Å². The molecule has 0 aliphatic carbocycles. The highest BCUT2D eigenvalue weighted by atomic mass is 16.4. The van der Waals surface area contributed by atoms with E-state index in [9.17, 15) is 0 Å². The molecule has 24 valence electrons. The first kappa shape index (κ1) is 3.98. The minimum absolute atomic E-state index is 0.319. The molecular formula is CH6BNO. The quantitative estimate of drug-likeness (QED) is 0.387. The van der Waals surface area contributed by atoms with Crippen LogP contribution in [-0.2, 0) is 4.65 Å². The summed E-state index contributed by atoms with van der Waals surface area (Å²) in [6.07, 6.45) is 0. The standard InChI is InChI=1S/CH6BNO/c1-4-2-3/h2H,3H2,1H3. The molecule has 0 saturated heterocycles. The molecule has 4 heavy (non-hydrogen) atoms. The van der Waals surface area contributed by atoms with Crippen LogP contribution in [0.25, 0.3) is 0 Å². The van der Waals surface area contributed by atoms with Crippen LogP contribution in [-0.4, -0.2) is 14.7 Å². The summed E-state index contributed by atoms with van der Waals surface area (Å²) >= 11 is 0. The van der Waals surface area contributed by atoms with Crippen LogP contribution < -0.4 is 5.64 Å². The highest BCUT2D eigenvalue weighted by Crippen LogP contribution is 1.35. The van der Waals surface area contributed by atoms with Crippen molar-refractivity contribution in [3.63, 3.8) is 0 Å². The first-order valence-corrected chi connectivity index (χ1v) is 1.11. The maximum Gasteiger partial charge on any atom is 0.357 e. The van der Waals surface area contributed by atoms with Crippen molar-refractivity contribution in [1.82, 2.24) is 0 Å². The molecule has 0 unspecified atom stereocenters. The Morgan fingerprint density at radius 2 is 2.25 bits per heavy atom. The predicted octanol–water partition coefficient (Wildman–Crippen LogP) is -1.14. The van der Waals surface area contributed by atoms with Gasteiger partial charge in [-0.25, -0.2) is 0 Å². The summed E-state index contributed by atoms with van der Waals surface area (Å²) in [6, 6.07) is 0. The first-order valence-electron chi connectivity index (χ1n) is 1.11. The fourth-order valence-corrected chi connectivity index (χ4v) is 0. The van der Waals surface area contributed by atoms with Crippen molar-refractivity contribution in [1.29, 1.82) is 0 Å². The topological polar surface area (TPSA) is 35.2 Å². The van der Waals surface area contributed by atoms with Crippen LogP contribution in [0.1, 0.15) is 0 Å². The first-order chi connectivity index (χ1) is 1.91. The van der Waals surface area contributed by atoms with Crippen LogP contribution in [0.3, 0.4) is 0 Å². The van der Waals surface area contributed by atoms with E-state index in [1.165, 1.54) is 0 Å². The summed E-state index contributed by atoms with van der Waals surface area (Å²) in [5.74, 6) is 0. The van der Waals surface area contributed by atoms with Crippen molar-refractivity contribution in [2.45, 2.75) is 0 Å². The van der Waals surface area contributed by atoms with Crippen molar-refractivity contribution < 1.29 is 4.65 Å². The van der Waals surface area contributed by atoms with Gasteiger partial charge in [-0.15, -0.1) is 0 Å². The Morgan fingerprint density at radius 1 is 2.00 bits per heavy atom. The smallest absolute Gasteiger partial charge is 0.357 e. The fourth-order valence-electron chi connectivity index (χ4n) is 0. The zero-order valence-electron chi connectivity index (χ0n) is 2.69. The predicted molar refractivity (Wildman–Crippen MR) is 18.3 cm³/mol. The zero-order chi connectivity index (χ0) is 3.41. The Kier molecular flexibility index (Phi) is 2.97. The van der Waals surface area contributed by atoms with E-state index in [4.69, 9.17) is 5.64 Å². The van der Waals surface area contributed by atoms with Crippen molar-refractivity contribution in [3.8, 4) is 0 Å². The summed E-state index contributed by atoms with van der Waals surface area (Å²) < 4.78 is 4.32. The normalized spacial score (nSPS) is 6.50. The molecule has 0 aliphatic heterocycles. The molecule has 0 aliphatic rings. The zero-order valence-corrected chi connectivity index (χ0v) is 2.69. The molecule has 0 amide bonds. The van der Waals surface area contributed by atoms with Crippen LogP contribution in [0.15, 0.2) is 0 Å². The van der Waals surface area contributed by atoms with Gasteiger partial charge < -0.3 is 10.3 Å². The molecular weight excluding hydrogens is 52.8 g/mol. The molecule has 0 radical (unpaired) electrons. The van der Waals surface area contributed by atoms with Gasteiger partial charge >= 0.3 is 7.62 Å². The third kappa shape index (κ3) is 1.98. The Labute approximate surface area is 26.2 Å². The van der Waals surface area contributed by atoms with E-state index in [0.717, 1.165) is 0 Å². The molecule has 0 aromatic rings. The van der Waals surface area contributed by atoms with Gasteiger partial charge in [0.1, 0.15) is 0 Å². The highest BCUT2D eigenvalue weighted by Gasteiger charge is 1.59. The summed E-state index contributed by atoms with van der Waals surface area (Å²) in [5, 5.41) is 0. The number of nitrogens with two attached hydrogens (primary N) is 1. The molecule has 0 spiro atoms. The molecule has 2 N–H and O–H groups in total. The third-order valence-corrected chi connectivity index (χ3v) is 0.167. The molecule has 0 aromatic carbocycles. The van der Waals surface area contributed by atoms with Gasteiger partial charge in [-0.3, -0.25) is 0 Å². The SMILES string of the molecule is COBN. The van der Waals surface area contributed by atoms with Crippen molar-refractivity contribution in [2.24, 2.45) is 5.64 Å². The Balaban J connectivity index is 1.97. The summed E-state index contributed by atoms with van der Waals surface area (Å²) in [6.45, 7) is 0. The minimum Gasteiger partial charge on any atom is -0.427 e. The largest absolute Gasteiger partial charge is 0.427 e. The number of rotatable bonds is 1. The second kappa shape index (κ2) is 2.98. The molecule has 0 bridgehead atoms. The van der Waals surface area contributed by atoms with E-state index >= 15 is 0 Å². The van der Waals surface area contributed by atoms with Crippen LogP contribution >= 0.6 is 0 Å². The van der Waals surface area contributed by atoms with Crippen LogP contribution in [0.4, 0.5) is 0 Å². The minimum atomic E-state index is 0.319. The molecule has 2 nitrogen and oxygen atoms in total. The molecule has 0 heterocycles. The van der Waals surface area contributed by atoms with Gasteiger partial charge in [-0.1, -0.05) is 0 Å². The molecule has 0 saturated carbocycles. The van der Waals surface area contributed by atoms with Gasteiger partial charge in [-0.2, -0.15) is 0 Å². The summed E-state index contributed by atoms with van der Waals surface area (Å²) in [7, 11) is 1.88. The van der Waals surface area contributed by atoms with E-state index in [1.807, 2.05) is 0 Å². The monoisotopic (exact) mass is 59.1 g/mol. The lowest BCUT2D eigenvalue weighted by atomic mass is 10.3. The molecule has 0 rings (SSSR count). The van der Waals surface area contributed by atoms with Gasteiger partial charge in [0.05, 0.1) is 0 Å². The second-order valence-electron chi connectivity index (χ2n) is 0.455. The van der Waals surface area contributed by atoms with Crippen LogP contribution in [0.2, 0.25) is 0 Å². The van der Waals surface area contributed by atoms with E-state index < -0.39 is 0 Å². The summed E-state index contributed by atoms with van der Waals surface area (Å²) in [4.78, 5) is 0. The molecule has 3 heteroatoms. The van der Waals surface area contributed by atoms with E-state index in [0.29, 0.717) is 7.62 Å². The van der Waals surface area contributed by atoms with Crippen molar-refractivity contribution >= 4 is 7.62 Å². The Morgan fingerprint density at radius 3 is 2.25 bits per heavy atom. The molecule has 0 aromatic heterocycles. The lowest BCUT2D eigenvalue weighted by molar-refractivity contribution is 0.443. The maximum atomic E-state index is 4.81. The van der Waals surface area contributed by atoms with E-state index in [2.05, 4.69) is 4.65 Å². The number of hydrogen-bond donors (Lipinski definition) is 1. The van der Waals surface area contributed by atoms with Gasteiger partial charge in [-0.05, 0) is 0 Å². The van der Waals surface area contributed by atoms with Crippen molar-refractivity contribution in [2.75, 3.05) is 7.11 Å². The number of hydrogen-bond acceptors (Lipinski definition) is 2. The van der Waals surface area contributed by atoms with Crippen LogP contribution in [0, 0.1) is 0 Å².